The Kier molecular flexibility index (Phi) is 3.62. The largest absolute Gasteiger partial charge is 0.497 e. The van der Waals surface area contributed by atoms with E-state index in [1.54, 1.807) is 25.6 Å². The van der Waals surface area contributed by atoms with Gasteiger partial charge in [-0.2, -0.15) is 0 Å². The van der Waals surface area contributed by atoms with Crippen molar-refractivity contribution in [3.63, 3.8) is 0 Å². The molecular weight excluding hydrogens is 288 g/mol. The van der Waals surface area contributed by atoms with E-state index >= 15 is 0 Å². The third-order valence-electron chi connectivity index (χ3n) is 3.12. The van der Waals surface area contributed by atoms with Gasteiger partial charge in [-0.05, 0) is 31.2 Å². The zero-order chi connectivity index (χ0) is 14.8. The first kappa shape index (κ1) is 13.6. The minimum Gasteiger partial charge on any atom is -0.497 e. The Morgan fingerprint density at radius 3 is 2.76 bits per heavy atom. The molecule has 0 radical (unpaired) electrons. The lowest BCUT2D eigenvalue weighted by molar-refractivity contribution is 0.0519. The molecule has 0 N–H and O–H groups in total. The SMILES string of the molecule is CCOC(=O)c1csc2ncc(-c3ccc(OC)cc3)n12. The Bertz CT molecular complexity index is 774. The summed E-state index contributed by atoms with van der Waals surface area (Å²) in [5.74, 6) is 0.451. The summed E-state index contributed by atoms with van der Waals surface area (Å²) in [6, 6.07) is 7.64. The Balaban J connectivity index is 2.09. The van der Waals surface area contributed by atoms with Gasteiger partial charge in [-0.3, -0.25) is 4.40 Å². The van der Waals surface area contributed by atoms with Crippen molar-refractivity contribution in [2.45, 2.75) is 6.92 Å². The predicted octanol–water partition coefficient (Wildman–Crippen LogP) is 3.25. The highest BCUT2D eigenvalue weighted by Crippen LogP contribution is 2.27. The summed E-state index contributed by atoms with van der Waals surface area (Å²) in [7, 11) is 1.63. The summed E-state index contributed by atoms with van der Waals surface area (Å²) in [6.45, 7) is 2.14. The topological polar surface area (TPSA) is 52.8 Å². The number of aromatic nitrogens is 2. The first-order chi connectivity index (χ1) is 10.2. The molecular formula is C15H14N2O3S. The number of thiazole rings is 1. The molecule has 108 valence electrons. The van der Waals surface area contributed by atoms with Crippen LogP contribution in [0.5, 0.6) is 5.75 Å². The van der Waals surface area contributed by atoms with Crippen LogP contribution in [-0.2, 0) is 4.74 Å². The predicted molar refractivity (Wildman–Crippen MR) is 81.0 cm³/mol. The lowest BCUT2D eigenvalue weighted by atomic mass is 10.1. The number of methoxy groups -OCH3 is 1. The van der Waals surface area contributed by atoms with Crippen LogP contribution in [0, 0.1) is 0 Å². The van der Waals surface area contributed by atoms with E-state index in [4.69, 9.17) is 9.47 Å². The molecule has 21 heavy (non-hydrogen) atoms. The van der Waals surface area contributed by atoms with Crippen molar-refractivity contribution >= 4 is 22.3 Å². The highest BCUT2D eigenvalue weighted by molar-refractivity contribution is 7.15. The zero-order valence-electron chi connectivity index (χ0n) is 11.7. The second-order valence-corrected chi connectivity index (χ2v) is 5.17. The van der Waals surface area contributed by atoms with Gasteiger partial charge in [0.05, 0.1) is 25.6 Å². The van der Waals surface area contributed by atoms with Gasteiger partial charge in [0.1, 0.15) is 11.4 Å². The molecule has 2 heterocycles. The van der Waals surface area contributed by atoms with Crippen LogP contribution in [0.4, 0.5) is 0 Å². The lowest BCUT2D eigenvalue weighted by Gasteiger charge is -2.05. The monoisotopic (exact) mass is 302 g/mol. The van der Waals surface area contributed by atoms with Crippen LogP contribution in [0.1, 0.15) is 17.4 Å². The first-order valence-corrected chi connectivity index (χ1v) is 7.39. The molecule has 0 amide bonds. The fraction of sp³-hybridized carbons (Fsp3) is 0.200. The minimum atomic E-state index is -0.337. The molecule has 0 atom stereocenters. The molecule has 0 aliphatic heterocycles. The van der Waals surface area contributed by atoms with Crippen molar-refractivity contribution in [3.8, 4) is 17.0 Å². The van der Waals surface area contributed by atoms with Crippen LogP contribution in [0.2, 0.25) is 0 Å². The maximum absolute atomic E-state index is 12.0. The van der Waals surface area contributed by atoms with Crippen molar-refractivity contribution in [1.82, 2.24) is 9.38 Å². The summed E-state index contributed by atoms with van der Waals surface area (Å²) in [4.78, 5) is 17.1. The van der Waals surface area contributed by atoms with Crippen molar-refractivity contribution in [1.29, 1.82) is 0 Å². The molecule has 0 bridgehead atoms. The number of nitrogens with zero attached hydrogens (tertiary/aromatic N) is 2. The van der Waals surface area contributed by atoms with Crippen LogP contribution in [0.25, 0.3) is 16.2 Å². The third-order valence-corrected chi connectivity index (χ3v) is 3.96. The molecule has 0 fully saturated rings. The molecule has 0 aliphatic rings. The second kappa shape index (κ2) is 5.57. The maximum atomic E-state index is 12.0. The molecule has 1 aromatic carbocycles. The van der Waals surface area contributed by atoms with Crippen LogP contribution in [0.3, 0.4) is 0 Å². The van der Waals surface area contributed by atoms with Crippen LogP contribution >= 0.6 is 11.3 Å². The second-order valence-electron chi connectivity index (χ2n) is 4.33. The van der Waals surface area contributed by atoms with E-state index in [1.807, 2.05) is 28.7 Å². The van der Waals surface area contributed by atoms with Gasteiger partial charge < -0.3 is 9.47 Å². The highest BCUT2D eigenvalue weighted by Gasteiger charge is 2.17. The molecule has 0 saturated heterocycles. The Morgan fingerprint density at radius 2 is 2.10 bits per heavy atom. The van der Waals surface area contributed by atoms with Gasteiger partial charge in [-0.1, -0.05) is 0 Å². The smallest absolute Gasteiger partial charge is 0.356 e. The molecule has 3 rings (SSSR count). The molecule has 0 unspecified atom stereocenters. The number of benzene rings is 1. The van der Waals surface area contributed by atoms with Gasteiger partial charge in [-0.15, -0.1) is 11.3 Å². The minimum absolute atomic E-state index is 0.337. The van der Waals surface area contributed by atoms with Crippen molar-refractivity contribution in [2.24, 2.45) is 0 Å². The summed E-state index contributed by atoms with van der Waals surface area (Å²) in [6.07, 6.45) is 1.76. The molecule has 3 aromatic rings. The molecule has 5 nitrogen and oxygen atoms in total. The molecule has 0 aliphatic carbocycles. The van der Waals surface area contributed by atoms with E-state index in [-0.39, 0.29) is 5.97 Å². The van der Waals surface area contributed by atoms with Gasteiger partial charge >= 0.3 is 5.97 Å². The Labute approximate surface area is 125 Å². The van der Waals surface area contributed by atoms with E-state index in [1.165, 1.54) is 11.3 Å². The van der Waals surface area contributed by atoms with Crippen molar-refractivity contribution in [3.05, 3.63) is 41.5 Å². The maximum Gasteiger partial charge on any atom is 0.356 e. The number of carbonyl (C=O) groups excluding carboxylic acids is 1. The van der Waals surface area contributed by atoms with E-state index < -0.39 is 0 Å². The van der Waals surface area contributed by atoms with E-state index in [0.29, 0.717) is 12.3 Å². The van der Waals surface area contributed by atoms with Gasteiger partial charge in [0, 0.05) is 10.9 Å². The fourth-order valence-electron chi connectivity index (χ4n) is 2.12. The summed E-state index contributed by atoms with van der Waals surface area (Å²) in [5, 5.41) is 1.77. The molecule has 2 aromatic heterocycles. The van der Waals surface area contributed by atoms with Gasteiger partial charge in [0.2, 0.25) is 0 Å². The quantitative estimate of drug-likeness (QED) is 0.694. The normalized spacial score (nSPS) is 10.8. The van der Waals surface area contributed by atoms with E-state index in [2.05, 4.69) is 4.98 Å². The summed E-state index contributed by atoms with van der Waals surface area (Å²) >= 11 is 1.42. The summed E-state index contributed by atoms with van der Waals surface area (Å²) in [5.41, 5.74) is 2.32. The molecule has 0 saturated carbocycles. The van der Waals surface area contributed by atoms with Gasteiger partial charge in [0.25, 0.3) is 0 Å². The van der Waals surface area contributed by atoms with E-state index in [9.17, 15) is 4.79 Å². The fourth-order valence-corrected chi connectivity index (χ4v) is 2.96. The average Bonchev–Trinajstić information content (AvgIpc) is 3.09. The number of rotatable bonds is 4. The standard InChI is InChI=1S/C15H14N2O3S/c1-3-20-14(18)13-9-21-15-16-8-12(17(13)15)10-4-6-11(19-2)7-5-10/h4-9H,3H2,1-2H3. The lowest BCUT2D eigenvalue weighted by Crippen LogP contribution is -2.08. The van der Waals surface area contributed by atoms with Crippen molar-refractivity contribution < 1.29 is 14.3 Å². The Morgan fingerprint density at radius 1 is 1.33 bits per heavy atom. The number of fused-ring (bicyclic) bond motifs is 1. The molecule has 6 heteroatoms. The molecule has 0 spiro atoms. The van der Waals surface area contributed by atoms with Gasteiger partial charge in [0.15, 0.2) is 4.96 Å². The highest BCUT2D eigenvalue weighted by atomic mass is 32.1. The third kappa shape index (κ3) is 2.38. The van der Waals surface area contributed by atoms with E-state index in [0.717, 1.165) is 22.0 Å². The number of hydrogen-bond donors (Lipinski definition) is 0. The number of ether oxygens (including phenoxy) is 2. The van der Waals surface area contributed by atoms with Gasteiger partial charge in [-0.25, -0.2) is 9.78 Å². The Hall–Kier alpha value is -2.34. The number of carbonyl (C=O) groups is 1. The van der Waals surface area contributed by atoms with Crippen LogP contribution in [0.15, 0.2) is 35.8 Å². The number of imidazole rings is 1. The zero-order valence-corrected chi connectivity index (χ0v) is 12.5. The van der Waals surface area contributed by atoms with Crippen LogP contribution in [-0.4, -0.2) is 29.1 Å². The summed E-state index contributed by atoms with van der Waals surface area (Å²) < 4.78 is 12.1. The first-order valence-electron chi connectivity index (χ1n) is 6.51. The average molecular weight is 302 g/mol. The number of hydrogen-bond acceptors (Lipinski definition) is 5. The van der Waals surface area contributed by atoms with Crippen molar-refractivity contribution in [2.75, 3.05) is 13.7 Å². The number of esters is 1. The van der Waals surface area contributed by atoms with Crippen LogP contribution < -0.4 is 4.74 Å².